The van der Waals surface area contributed by atoms with Crippen molar-refractivity contribution in [1.82, 2.24) is 5.32 Å². The zero-order valence-electron chi connectivity index (χ0n) is 37.0. The highest BCUT2D eigenvalue weighted by molar-refractivity contribution is 5.76. The summed E-state index contributed by atoms with van der Waals surface area (Å²) < 4.78 is 0. The summed E-state index contributed by atoms with van der Waals surface area (Å²) >= 11 is 0. The molecule has 54 heavy (non-hydrogen) atoms. The predicted molar refractivity (Wildman–Crippen MR) is 239 cm³/mol. The molecule has 0 aromatic rings. The van der Waals surface area contributed by atoms with Crippen LogP contribution in [0.5, 0.6) is 0 Å². The molecule has 0 aliphatic heterocycles. The summed E-state index contributed by atoms with van der Waals surface area (Å²) in [5, 5.41) is 22.9. The van der Waals surface area contributed by atoms with E-state index in [-0.39, 0.29) is 12.5 Å². The van der Waals surface area contributed by atoms with E-state index >= 15 is 0 Å². The minimum Gasteiger partial charge on any atom is -0.394 e. The average Bonchev–Trinajstić information content (AvgIpc) is 3.18. The second-order valence-corrected chi connectivity index (χ2v) is 17.2. The molecule has 0 saturated carbocycles. The van der Waals surface area contributed by atoms with Gasteiger partial charge in [-0.15, -0.1) is 0 Å². The number of amides is 1. The summed E-state index contributed by atoms with van der Waals surface area (Å²) in [5.74, 6) is -0.0600. The standard InChI is InChI=1S/C50H99NO3/c1-3-5-7-9-11-13-15-16-17-18-19-20-21-22-23-24-25-26-27-28-29-30-31-32-33-34-35-36-38-40-42-44-46-50(54)51-48(47-52)49(53)45-43-41-39-37-14-12-10-8-6-4-2/h43,45,48-49,52-53H,3-42,44,46-47H2,1-2H3,(H,51,54)/b45-43+/t48-,49+/m0/s1. The summed E-state index contributed by atoms with van der Waals surface area (Å²) in [7, 11) is 0. The van der Waals surface area contributed by atoms with E-state index in [1.54, 1.807) is 6.08 Å². The fraction of sp³-hybridized carbons (Fsp3) is 0.940. The van der Waals surface area contributed by atoms with Crippen LogP contribution in [0.2, 0.25) is 0 Å². The molecule has 0 heterocycles. The molecule has 0 bridgehead atoms. The molecule has 0 saturated heterocycles. The van der Waals surface area contributed by atoms with Gasteiger partial charge in [0.05, 0.1) is 18.8 Å². The lowest BCUT2D eigenvalue weighted by Gasteiger charge is -2.20. The molecule has 0 aliphatic rings. The molecule has 1 amide bonds. The van der Waals surface area contributed by atoms with Gasteiger partial charge in [0.15, 0.2) is 0 Å². The maximum Gasteiger partial charge on any atom is 0.220 e. The maximum atomic E-state index is 12.4. The highest BCUT2D eigenvalue weighted by Crippen LogP contribution is 2.17. The summed E-state index contributed by atoms with van der Waals surface area (Å²) in [6.07, 6.45) is 59.4. The smallest absolute Gasteiger partial charge is 0.220 e. The van der Waals surface area contributed by atoms with Crippen LogP contribution in [-0.4, -0.2) is 34.9 Å². The van der Waals surface area contributed by atoms with Crippen molar-refractivity contribution < 1.29 is 15.0 Å². The lowest BCUT2D eigenvalue weighted by Crippen LogP contribution is -2.45. The van der Waals surface area contributed by atoms with Crippen molar-refractivity contribution >= 4 is 5.91 Å². The van der Waals surface area contributed by atoms with Gasteiger partial charge in [-0.05, 0) is 19.3 Å². The summed E-state index contributed by atoms with van der Waals surface area (Å²) in [6, 6.07) is -0.615. The van der Waals surface area contributed by atoms with E-state index in [2.05, 4.69) is 19.2 Å². The topological polar surface area (TPSA) is 69.6 Å². The fourth-order valence-corrected chi connectivity index (χ4v) is 7.95. The van der Waals surface area contributed by atoms with E-state index in [0.29, 0.717) is 6.42 Å². The quantitative estimate of drug-likeness (QED) is 0.0427. The van der Waals surface area contributed by atoms with Crippen LogP contribution in [0.15, 0.2) is 12.2 Å². The van der Waals surface area contributed by atoms with Crippen molar-refractivity contribution in [3.05, 3.63) is 12.2 Å². The molecule has 322 valence electrons. The molecule has 0 rings (SSSR count). The average molecular weight is 762 g/mol. The van der Waals surface area contributed by atoms with E-state index in [1.807, 2.05) is 6.08 Å². The molecule has 0 fully saturated rings. The van der Waals surface area contributed by atoms with Gasteiger partial charge >= 0.3 is 0 Å². The monoisotopic (exact) mass is 762 g/mol. The van der Waals surface area contributed by atoms with Crippen LogP contribution in [0.25, 0.3) is 0 Å². The SMILES string of the molecule is CCCCCCCCCC/C=C/[C@@H](O)[C@H](CO)NC(=O)CCCCCCCCCCCCCCCCCCCCCCCCCCCCCCCCCC. The van der Waals surface area contributed by atoms with Crippen molar-refractivity contribution in [3.63, 3.8) is 0 Å². The fourth-order valence-electron chi connectivity index (χ4n) is 7.95. The second-order valence-electron chi connectivity index (χ2n) is 17.2. The third-order valence-electron chi connectivity index (χ3n) is 11.8. The summed E-state index contributed by atoms with van der Waals surface area (Å²) in [5.41, 5.74) is 0. The first-order valence-corrected chi connectivity index (χ1v) is 24.9. The molecule has 0 radical (unpaired) electrons. The number of allylic oxidation sites excluding steroid dienone is 1. The molecule has 0 aromatic heterocycles. The van der Waals surface area contributed by atoms with Crippen molar-refractivity contribution in [2.24, 2.45) is 0 Å². The molecular weight excluding hydrogens is 663 g/mol. The van der Waals surface area contributed by atoms with Gasteiger partial charge in [0.1, 0.15) is 0 Å². The van der Waals surface area contributed by atoms with Crippen LogP contribution in [0.3, 0.4) is 0 Å². The van der Waals surface area contributed by atoms with Crippen molar-refractivity contribution in [3.8, 4) is 0 Å². The van der Waals surface area contributed by atoms with Gasteiger partial charge < -0.3 is 15.5 Å². The summed E-state index contributed by atoms with van der Waals surface area (Å²) in [6.45, 7) is 4.31. The normalized spacial score (nSPS) is 12.9. The lowest BCUT2D eigenvalue weighted by molar-refractivity contribution is -0.123. The first-order valence-electron chi connectivity index (χ1n) is 24.9. The Kier molecular flexibility index (Phi) is 45.8. The molecule has 4 heteroatoms. The van der Waals surface area contributed by atoms with Crippen LogP contribution in [0.1, 0.15) is 284 Å². The number of hydrogen-bond acceptors (Lipinski definition) is 3. The van der Waals surface area contributed by atoms with Crippen LogP contribution < -0.4 is 5.32 Å². The zero-order valence-corrected chi connectivity index (χ0v) is 37.0. The Labute approximate surface area is 339 Å². The molecule has 4 nitrogen and oxygen atoms in total. The van der Waals surface area contributed by atoms with Crippen molar-refractivity contribution in [1.29, 1.82) is 0 Å². The Morgan fingerprint density at radius 3 is 0.963 bits per heavy atom. The van der Waals surface area contributed by atoms with Crippen molar-refractivity contribution in [2.45, 2.75) is 296 Å². The van der Waals surface area contributed by atoms with E-state index in [1.165, 1.54) is 238 Å². The minimum atomic E-state index is -0.832. The Bertz CT molecular complexity index is 739. The highest BCUT2D eigenvalue weighted by Gasteiger charge is 2.18. The number of unbranched alkanes of at least 4 members (excludes halogenated alkanes) is 39. The first kappa shape index (κ1) is 53.1. The number of carbonyl (C=O) groups is 1. The second kappa shape index (κ2) is 46.5. The van der Waals surface area contributed by atoms with E-state index in [0.717, 1.165) is 25.7 Å². The molecule has 0 aromatic carbocycles. The minimum absolute atomic E-state index is 0.0600. The van der Waals surface area contributed by atoms with Crippen molar-refractivity contribution in [2.75, 3.05) is 6.61 Å². The van der Waals surface area contributed by atoms with Crippen LogP contribution in [0.4, 0.5) is 0 Å². The molecule has 2 atom stereocenters. The lowest BCUT2D eigenvalue weighted by atomic mass is 10.0. The number of aliphatic hydroxyl groups is 2. The Morgan fingerprint density at radius 2 is 0.685 bits per heavy atom. The Balaban J connectivity index is 3.36. The van der Waals surface area contributed by atoms with Gasteiger partial charge in [0.2, 0.25) is 5.91 Å². The predicted octanol–water partition coefficient (Wildman–Crippen LogP) is 15.8. The number of nitrogens with one attached hydrogen (secondary N) is 1. The Hall–Kier alpha value is -0.870. The van der Waals surface area contributed by atoms with Gasteiger partial charge in [0.25, 0.3) is 0 Å². The number of hydrogen-bond donors (Lipinski definition) is 3. The van der Waals surface area contributed by atoms with E-state index < -0.39 is 12.1 Å². The van der Waals surface area contributed by atoms with Gasteiger partial charge in [-0.25, -0.2) is 0 Å². The molecule has 3 N–H and O–H groups in total. The first-order chi connectivity index (χ1) is 26.7. The van der Waals surface area contributed by atoms with Gasteiger partial charge in [-0.2, -0.15) is 0 Å². The summed E-state index contributed by atoms with van der Waals surface area (Å²) in [4.78, 5) is 12.4. The Morgan fingerprint density at radius 1 is 0.426 bits per heavy atom. The van der Waals surface area contributed by atoms with Crippen LogP contribution in [-0.2, 0) is 4.79 Å². The van der Waals surface area contributed by atoms with Crippen LogP contribution in [0, 0.1) is 0 Å². The highest BCUT2D eigenvalue weighted by atomic mass is 16.3. The van der Waals surface area contributed by atoms with E-state index in [4.69, 9.17) is 0 Å². The molecule has 0 aliphatic carbocycles. The van der Waals surface area contributed by atoms with Crippen LogP contribution >= 0.6 is 0 Å². The number of carbonyl (C=O) groups excluding carboxylic acids is 1. The number of rotatable bonds is 46. The van der Waals surface area contributed by atoms with E-state index in [9.17, 15) is 15.0 Å². The third-order valence-corrected chi connectivity index (χ3v) is 11.8. The molecule has 0 unspecified atom stereocenters. The number of aliphatic hydroxyl groups excluding tert-OH is 2. The maximum absolute atomic E-state index is 12.4. The third kappa shape index (κ3) is 42.3. The molecular formula is C50H99NO3. The van der Waals surface area contributed by atoms with Gasteiger partial charge in [-0.1, -0.05) is 270 Å². The zero-order chi connectivity index (χ0) is 39.3. The van der Waals surface area contributed by atoms with Gasteiger partial charge in [0, 0.05) is 6.42 Å². The van der Waals surface area contributed by atoms with Gasteiger partial charge in [-0.3, -0.25) is 4.79 Å². The largest absolute Gasteiger partial charge is 0.394 e. The molecule has 0 spiro atoms.